The smallest absolute Gasteiger partial charge is 0.411 e. The molecular weight excluding hydrogens is 434 g/mol. The van der Waals surface area contributed by atoms with Crippen LogP contribution < -0.4 is 10.9 Å². The van der Waals surface area contributed by atoms with Crippen molar-refractivity contribution >= 4 is 40.3 Å². The van der Waals surface area contributed by atoms with Gasteiger partial charge in [0.2, 0.25) is 0 Å². The van der Waals surface area contributed by atoms with E-state index in [2.05, 4.69) is 5.32 Å². The molecule has 2 aromatic rings. The number of rotatable bonds is 5. The Morgan fingerprint density at radius 1 is 1.16 bits per heavy atom. The lowest BCUT2D eigenvalue weighted by Crippen LogP contribution is -2.56. The van der Waals surface area contributed by atoms with Crippen LogP contribution in [0.4, 0.5) is 10.5 Å². The standard InChI is InChI=1S/C24H26ClNO6/c1-2-30-22(29)26-17-3-4-18-16(6-20(27)32-19(18)7-17)12-31-21(28)23-8-14-5-15(9-23)11-24(25,10-14)13-23/h3-4,6-7,14-15H,2,5,8-13H2,1H3,(H,26,29). The van der Waals surface area contributed by atoms with Crippen molar-refractivity contribution in [1.29, 1.82) is 0 Å². The lowest BCUT2D eigenvalue weighted by Gasteiger charge is -2.58. The molecule has 4 aliphatic carbocycles. The molecule has 4 saturated carbocycles. The quantitative estimate of drug-likeness (QED) is 0.385. The average Bonchev–Trinajstić information content (AvgIpc) is 2.69. The third-order valence-electron chi connectivity index (χ3n) is 7.13. The lowest BCUT2D eigenvalue weighted by molar-refractivity contribution is -0.171. The molecular formula is C24H26ClNO6. The fourth-order valence-electron chi connectivity index (χ4n) is 6.40. The van der Waals surface area contributed by atoms with Crippen molar-refractivity contribution in [2.24, 2.45) is 17.3 Å². The summed E-state index contributed by atoms with van der Waals surface area (Å²) >= 11 is 6.85. The van der Waals surface area contributed by atoms with E-state index in [1.807, 2.05) is 0 Å². The van der Waals surface area contributed by atoms with Gasteiger partial charge in [0.05, 0.1) is 12.0 Å². The molecule has 0 saturated heterocycles. The molecule has 1 aromatic carbocycles. The van der Waals surface area contributed by atoms with Gasteiger partial charge in [0.15, 0.2) is 0 Å². The minimum atomic E-state index is -0.591. The third kappa shape index (κ3) is 3.87. The molecule has 6 rings (SSSR count). The molecule has 7 nitrogen and oxygen atoms in total. The number of fused-ring (bicyclic) bond motifs is 1. The Hall–Kier alpha value is -2.54. The minimum Gasteiger partial charge on any atom is -0.460 e. The number of carbonyl (C=O) groups is 2. The summed E-state index contributed by atoms with van der Waals surface area (Å²) in [6.45, 7) is 1.94. The second-order valence-corrected chi connectivity index (χ2v) is 10.4. The number of ether oxygens (including phenoxy) is 2. The van der Waals surface area contributed by atoms with Crippen LogP contribution in [0.15, 0.2) is 33.5 Å². The van der Waals surface area contributed by atoms with Crippen LogP contribution in [0.5, 0.6) is 0 Å². The van der Waals surface area contributed by atoms with Crippen molar-refractivity contribution in [3.8, 4) is 0 Å². The summed E-state index contributed by atoms with van der Waals surface area (Å²) < 4.78 is 15.9. The van der Waals surface area contributed by atoms with E-state index in [1.165, 1.54) is 6.07 Å². The van der Waals surface area contributed by atoms with Gasteiger partial charge in [-0.15, -0.1) is 11.6 Å². The van der Waals surface area contributed by atoms with Crippen molar-refractivity contribution in [3.05, 3.63) is 40.2 Å². The Morgan fingerprint density at radius 2 is 1.91 bits per heavy atom. The number of hydrogen-bond donors (Lipinski definition) is 1. The molecule has 2 unspecified atom stereocenters. The Kier molecular flexibility index (Phi) is 5.19. The molecule has 4 aliphatic rings. The number of alkyl halides is 1. The molecule has 1 N–H and O–H groups in total. The summed E-state index contributed by atoms with van der Waals surface area (Å²) in [6, 6.07) is 6.30. The monoisotopic (exact) mass is 459 g/mol. The summed E-state index contributed by atoms with van der Waals surface area (Å²) in [4.78, 5) is 36.7. The first-order valence-corrected chi connectivity index (χ1v) is 11.5. The Balaban J connectivity index is 1.35. The average molecular weight is 460 g/mol. The van der Waals surface area contributed by atoms with Gasteiger partial charge < -0.3 is 13.9 Å². The molecule has 1 amide bonds. The summed E-state index contributed by atoms with van der Waals surface area (Å²) in [5.74, 6) is 0.783. The molecule has 170 valence electrons. The first-order valence-electron chi connectivity index (χ1n) is 11.1. The lowest BCUT2D eigenvalue weighted by atomic mass is 9.49. The number of nitrogens with one attached hydrogen (secondary N) is 1. The highest BCUT2D eigenvalue weighted by Gasteiger charge is 2.60. The molecule has 4 bridgehead atoms. The first-order chi connectivity index (χ1) is 15.3. The number of benzene rings is 1. The van der Waals surface area contributed by atoms with Crippen molar-refractivity contribution < 1.29 is 23.5 Å². The molecule has 8 heteroatoms. The highest BCUT2D eigenvalue weighted by atomic mass is 35.5. The fraction of sp³-hybridized carbons (Fsp3) is 0.542. The molecule has 0 radical (unpaired) electrons. The van der Waals surface area contributed by atoms with E-state index in [0.29, 0.717) is 40.5 Å². The summed E-state index contributed by atoms with van der Waals surface area (Å²) in [7, 11) is 0. The number of anilines is 1. The van der Waals surface area contributed by atoms with E-state index in [0.717, 1.165) is 32.1 Å². The van der Waals surface area contributed by atoms with Gasteiger partial charge >= 0.3 is 17.7 Å². The number of amides is 1. The van der Waals surface area contributed by atoms with Gasteiger partial charge in [0, 0.05) is 33.6 Å². The summed E-state index contributed by atoms with van der Waals surface area (Å²) in [5.41, 5.74) is 0.253. The molecule has 4 fully saturated rings. The Labute approximate surface area is 190 Å². The third-order valence-corrected chi connectivity index (χ3v) is 7.58. The van der Waals surface area contributed by atoms with E-state index >= 15 is 0 Å². The predicted molar refractivity (Wildman–Crippen MR) is 119 cm³/mol. The topological polar surface area (TPSA) is 94.8 Å². The van der Waals surface area contributed by atoms with Crippen LogP contribution >= 0.6 is 11.6 Å². The van der Waals surface area contributed by atoms with Crippen LogP contribution in [0.1, 0.15) is 51.0 Å². The highest BCUT2D eigenvalue weighted by Crippen LogP contribution is 2.64. The number of halogens is 1. The van der Waals surface area contributed by atoms with Gasteiger partial charge in [0.1, 0.15) is 12.2 Å². The van der Waals surface area contributed by atoms with Gasteiger partial charge in [-0.3, -0.25) is 10.1 Å². The van der Waals surface area contributed by atoms with E-state index in [-0.39, 0.29) is 24.1 Å². The van der Waals surface area contributed by atoms with Gasteiger partial charge in [-0.1, -0.05) is 0 Å². The van der Waals surface area contributed by atoms with Crippen LogP contribution in [-0.2, 0) is 20.9 Å². The van der Waals surface area contributed by atoms with E-state index < -0.39 is 17.1 Å². The SMILES string of the molecule is CCOC(=O)Nc1ccc2c(COC(=O)C34CC5CC(CC(Cl)(C5)C3)C4)cc(=O)oc2c1. The Bertz CT molecular complexity index is 1130. The summed E-state index contributed by atoms with van der Waals surface area (Å²) in [5, 5.41) is 3.23. The van der Waals surface area contributed by atoms with Gasteiger partial charge in [-0.2, -0.15) is 0 Å². The Morgan fingerprint density at radius 3 is 2.59 bits per heavy atom. The van der Waals surface area contributed by atoms with Crippen LogP contribution in [0, 0.1) is 17.3 Å². The number of carbonyl (C=O) groups excluding carboxylic acids is 2. The normalized spacial score (nSPS) is 30.3. The minimum absolute atomic E-state index is 0.0159. The summed E-state index contributed by atoms with van der Waals surface area (Å²) in [6.07, 6.45) is 4.92. The van der Waals surface area contributed by atoms with E-state index in [9.17, 15) is 14.4 Å². The molecule has 1 heterocycles. The molecule has 2 atom stereocenters. The molecule has 0 aliphatic heterocycles. The van der Waals surface area contributed by atoms with Crippen molar-refractivity contribution in [2.45, 2.75) is 56.9 Å². The second kappa shape index (κ2) is 7.80. The largest absolute Gasteiger partial charge is 0.460 e. The van der Waals surface area contributed by atoms with Crippen LogP contribution in [-0.4, -0.2) is 23.5 Å². The van der Waals surface area contributed by atoms with Crippen molar-refractivity contribution in [3.63, 3.8) is 0 Å². The van der Waals surface area contributed by atoms with Crippen LogP contribution in [0.25, 0.3) is 11.0 Å². The van der Waals surface area contributed by atoms with E-state index in [1.54, 1.807) is 25.1 Å². The van der Waals surface area contributed by atoms with Gasteiger partial charge in [-0.25, -0.2) is 9.59 Å². The first kappa shape index (κ1) is 21.3. The fourth-order valence-corrected chi connectivity index (χ4v) is 7.09. The van der Waals surface area contributed by atoms with Crippen molar-refractivity contribution in [1.82, 2.24) is 0 Å². The molecule has 32 heavy (non-hydrogen) atoms. The molecule has 1 aromatic heterocycles. The van der Waals surface area contributed by atoms with Gasteiger partial charge in [-0.05, 0) is 69.4 Å². The number of hydrogen-bond acceptors (Lipinski definition) is 6. The number of esters is 1. The zero-order valence-electron chi connectivity index (χ0n) is 17.9. The molecule has 0 spiro atoms. The maximum atomic E-state index is 13.2. The predicted octanol–water partition coefficient (Wildman–Crippen LogP) is 4.98. The van der Waals surface area contributed by atoms with Crippen LogP contribution in [0.2, 0.25) is 0 Å². The van der Waals surface area contributed by atoms with Gasteiger partial charge in [0.25, 0.3) is 0 Å². The maximum Gasteiger partial charge on any atom is 0.411 e. The van der Waals surface area contributed by atoms with Crippen molar-refractivity contribution in [2.75, 3.05) is 11.9 Å². The van der Waals surface area contributed by atoms with Crippen LogP contribution in [0.3, 0.4) is 0 Å². The maximum absolute atomic E-state index is 13.2. The second-order valence-electron chi connectivity index (χ2n) is 9.62. The highest BCUT2D eigenvalue weighted by molar-refractivity contribution is 6.24. The van der Waals surface area contributed by atoms with E-state index in [4.69, 9.17) is 25.5 Å². The zero-order chi connectivity index (χ0) is 22.5. The zero-order valence-corrected chi connectivity index (χ0v) is 18.7.